The van der Waals surface area contributed by atoms with Gasteiger partial charge in [-0.3, -0.25) is 4.90 Å². The van der Waals surface area contributed by atoms with Gasteiger partial charge in [0.05, 0.1) is 10.7 Å². The molecular formula is C15H21N3S. The van der Waals surface area contributed by atoms with Gasteiger partial charge in [-0.05, 0) is 32.4 Å². The molecule has 0 saturated carbocycles. The molecule has 1 aromatic heterocycles. The monoisotopic (exact) mass is 275 g/mol. The predicted octanol–water partition coefficient (Wildman–Crippen LogP) is 3.44. The number of nitrogens with zero attached hydrogens (tertiary/aromatic N) is 2. The molecular weight excluding hydrogens is 254 g/mol. The second-order valence-corrected chi connectivity index (χ2v) is 6.12. The zero-order valence-corrected chi connectivity index (χ0v) is 12.6. The van der Waals surface area contributed by atoms with Crippen LogP contribution in [0.1, 0.15) is 30.1 Å². The third-order valence-electron chi connectivity index (χ3n) is 3.19. The Morgan fingerprint density at radius 2 is 2.00 bits per heavy atom. The summed E-state index contributed by atoms with van der Waals surface area (Å²) in [5, 5.41) is 3.26. The number of aryl methyl sites for hydroxylation is 1. The van der Waals surface area contributed by atoms with Gasteiger partial charge in [0.1, 0.15) is 0 Å². The number of nitrogen functional groups attached to an aromatic ring is 1. The van der Waals surface area contributed by atoms with E-state index in [4.69, 9.17) is 5.73 Å². The van der Waals surface area contributed by atoms with E-state index in [9.17, 15) is 0 Å². The average molecular weight is 275 g/mol. The van der Waals surface area contributed by atoms with Gasteiger partial charge in [0.25, 0.3) is 0 Å². The summed E-state index contributed by atoms with van der Waals surface area (Å²) in [4.78, 5) is 6.93. The van der Waals surface area contributed by atoms with Crippen LogP contribution >= 0.6 is 11.3 Å². The molecule has 0 aliphatic carbocycles. The van der Waals surface area contributed by atoms with E-state index in [2.05, 4.69) is 35.2 Å². The molecule has 0 radical (unpaired) electrons. The highest BCUT2D eigenvalue weighted by Gasteiger charge is 2.13. The fourth-order valence-corrected chi connectivity index (χ4v) is 2.61. The molecule has 0 fully saturated rings. The van der Waals surface area contributed by atoms with Crippen molar-refractivity contribution >= 4 is 17.0 Å². The Labute approximate surface area is 119 Å². The van der Waals surface area contributed by atoms with Crippen molar-refractivity contribution in [1.29, 1.82) is 0 Å². The zero-order valence-electron chi connectivity index (χ0n) is 11.8. The van der Waals surface area contributed by atoms with E-state index in [1.54, 1.807) is 11.3 Å². The molecule has 0 aliphatic rings. The third kappa shape index (κ3) is 3.78. The van der Waals surface area contributed by atoms with Crippen LogP contribution in [0.15, 0.2) is 29.6 Å². The van der Waals surface area contributed by atoms with Crippen LogP contribution in [0.25, 0.3) is 0 Å². The van der Waals surface area contributed by atoms with Crippen LogP contribution in [0.3, 0.4) is 0 Å². The maximum Gasteiger partial charge on any atom is 0.0897 e. The molecule has 1 heterocycles. The second kappa shape index (κ2) is 6.17. The molecule has 1 aromatic carbocycles. The number of hydrogen-bond acceptors (Lipinski definition) is 4. The lowest BCUT2D eigenvalue weighted by atomic mass is 10.1. The first kappa shape index (κ1) is 14.0. The van der Waals surface area contributed by atoms with Crippen LogP contribution in [0.2, 0.25) is 0 Å². The summed E-state index contributed by atoms with van der Waals surface area (Å²) in [7, 11) is 0. The lowest BCUT2D eigenvalue weighted by Crippen LogP contribution is -2.30. The van der Waals surface area contributed by atoms with Gasteiger partial charge in [-0.25, -0.2) is 4.98 Å². The van der Waals surface area contributed by atoms with E-state index >= 15 is 0 Å². The Morgan fingerprint density at radius 3 is 2.58 bits per heavy atom. The fraction of sp³-hybridized carbons (Fsp3) is 0.400. The molecule has 0 saturated heterocycles. The van der Waals surface area contributed by atoms with Gasteiger partial charge >= 0.3 is 0 Å². The number of para-hydroxylation sites is 1. The van der Waals surface area contributed by atoms with Crippen molar-refractivity contribution < 1.29 is 0 Å². The Hall–Kier alpha value is -1.39. The van der Waals surface area contributed by atoms with Crippen LogP contribution in [0.5, 0.6) is 0 Å². The summed E-state index contributed by atoms with van der Waals surface area (Å²) >= 11 is 1.71. The first-order valence-electron chi connectivity index (χ1n) is 6.54. The van der Waals surface area contributed by atoms with Crippen molar-refractivity contribution in [3.8, 4) is 0 Å². The van der Waals surface area contributed by atoms with E-state index in [-0.39, 0.29) is 0 Å². The summed E-state index contributed by atoms with van der Waals surface area (Å²) < 4.78 is 0. The highest BCUT2D eigenvalue weighted by Crippen LogP contribution is 2.18. The molecule has 0 amide bonds. The van der Waals surface area contributed by atoms with Gasteiger partial charge in [-0.15, -0.1) is 11.3 Å². The standard InChI is InChI=1S/C15H21N3S/c1-11(2)18(9-14-10-19-12(3)17-14)8-13-6-4-5-7-15(13)16/h4-7,10-11H,8-9,16H2,1-3H3. The number of aromatic nitrogens is 1. The van der Waals surface area contributed by atoms with Crippen molar-refractivity contribution in [2.24, 2.45) is 0 Å². The van der Waals surface area contributed by atoms with Crippen molar-refractivity contribution in [2.45, 2.75) is 39.9 Å². The van der Waals surface area contributed by atoms with Crippen molar-refractivity contribution in [2.75, 3.05) is 5.73 Å². The SMILES string of the molecule is Cc1nc(CN(Cc2ccccc2N)C(C)C)cs1. The fourth-order valence-electron chi connectivity index (χ4n) is 2.01. The van der Waals surface area contributed by atoms with E-state index in [1.807, 2.05) is 25.1 Å². The highest BCUT2D eigenvalue weighted by molar-refractivity contribution is 7.09. The molecule has 102 valence electrons. The third-order valence-corrected chi connectivity index (χ3v) is 4.01. The lowest BCUT2D eigenvalue weighted by molar-refractivity contribution is 0.202. The molecule has 0 spiro atoms. The number of nitrogens with two attached hydrogens (primary N) is 1. The minimum atomic E-state index is 0.460. The normalized spacial score (nSPS) is 11.4. The summed E-state index contributed by atoms with van der Waals surface area (Å²) in [5.41, 5.74) is 9.22. The van der Waals surface area contributed by atoms with Crippen molar-refractivity contribution in [1.82, 2.24) is 9.88 Å². The first-order valence-corrected chi connectivity index (χ1v) is 7.42. The molecule has 0 unspecified atom stereocenters. The van der Waals surface area contributed by atoms with Crippen LogP contribution in [-0.2, 0) is 13.1 Å². The molecule has 0 bridgehead atoms. The summed E-state index contributed by atoms with van der Waals surface area (Å²) in [5.74, 6) is 0. The van der Waals surface area contributed by atoms with E-state index in [1.165, 1.54) is 5.56 Å². The van der Waals surface area contributed by atoms with E-state index < -0.39 is 0 Å². The van der Waals surface area contributed by atoms with Crippen molar-refractivity contribution in [3.05, 3.63) is 45.9 Å². The molecule has 3 nitrogen and oxygen atoms in total. The van der Waals surface area contributed by atoms with Gasteiger partial charge in [0.2, 0.25) is 0 Å². The Kier molecular flexibility index (Phi) is 4.56. The number of rotatable bonds is 5. The Bertz CT molecular complexity index is 534. The van der Waals surface area contributed by atoms with Gasteiger partial charge in [0.15, 0.2) is 0 Å². The van der Waals surface area contributed by atoms with Crippen LogP contribution in [-0.4, -0.2) is 15.9 Å². The number of anilines is 1. The molecule has 2 N–H and O–H groups in total. The quantitative estimate of drug-likeness (QED) is 0.850. The van der Waals surface area contributed by atoms with E-state index in [0.29, 0.717) is 6.04 Å². The van der Waals surface area contributed by atoms with Gasteiger partial charge in [-0.1, -0.05) is 18.2 Å². The summed E-state index contributed by atoms with van der Waals surface area (Å²) in [6.07, 6.45) is 0. The molecule has 2 rings (SSSR count). The zero-order chi connectivity index (χ0) is 13.8. The molecule has 4 heteroatoms. The summed E-state index contributed by atoms with van der Waals surface area (Å²) in [6, 6.07) is 8.53. The summed E-state index contributed by atoms with van der Waals surface area (Å²) in [6.45, 7) is 8.19. The van der Waals surface area contributed by atoms with E-state index in [0.717, 1.165) is 29.5 Å². The maximum atomic E-state index is 6.03. The largest absolute Gasteiger partial charge is 0.398 e. The predicted molar refractivity (Wildman–Crippen MR) is 82.1 cm³/mol. The minimum Gasteiger partial charge on any atom is -0.398 e. The lowest BCUT2D eigenvalue weighted by Gasteiger charge is -2.26. The van der Waals surface area contributed by atoms with Gasteiger partial charge in [-0.2, -0.15) is 0 Å². The topological polar surface area (TPSA) is 42.2 Å². The maximum absolute atomic E-state index is 6.03. The Balaban J connectivity index is 2.11. The first-order chi connectivity index (χ1) is 9.06. The van der Waals surface area contributed by atoms with Crippen LogP contribution in [0.4, 0.5) is 5.69 Å². The number of benzene rings is 1. The Morgan fingerprint density at radius 1 is 1.26 bits per heavy atom. The second-order valence-electron chi connectivity index (χ2n) is 5.06. The van der Waals surface area contributed by atoms with Gasteiger partial charge in [0, 0.05) is 30.2 Å². The van der Waals surface area contributed by atoms with Gasteiger partial charge < -0.3 is 5.73 Å². The van der Waals surface area contributed by atoms with Crippen molar-refractivity contribution in [3.63, 3.8) is 0 Å². The molecule has 2 aromatic rings. The average Bonchev–Trinajstić information content (AvgIpc) is 2.76. The van der Waals surface area contributed by atoms with Crippen LogP contribution < -0.4 is 5.73 Å². The van der Waals surface area contributed by atoms with Crippen LogP contribution in [0, 0.1) is 6.92 Å². The minimum absolute atomic E-state index is 0.460. The molecule has 19 heavy (non-hydrogen) atoms. The number of thiazole rings is 1. The molecule has 0 atom stereocenters. The number of hydrogen-bond donors (Lipinski definition) is 1. The highest BCUT2D eigenvalue weighted by atomic mass is 32.1. The smallest absolute Gasteiger partial charge is 0.0897 e. The molecule has 0 aliphatic heterocycles.